The third kappa shape index (κ3) is 3.06. The Balaban J connectivity index is 0. The number of rotatable bonds is 1. The number of aromatic hydroxyl groups is 1. The average molecular weight is 263 g/mol. The normalized spacial score (nSPS) is 7.67. The first kappa shape index (κ1) is 13.8. The molecule has 1 aromatic carbocycles. The van der Waals surface area contributed by atoms with Crippen molar-refractivity contribution in [3.63, 3.8) is 0 Å². The topological polar surface area (TPSA) is 91.9 Å². The number of benzene rings is 1. The van der Waals surface area contributed by atoms with Gasteiger partial charge in [0.05, 0.1) is 5.97 Å². The van der Waals surface area contributed by atoms with Gasteiger partial charge in [0, 0.05) is 5.56 Å². The molecule has 0 aliphatic carbocycles. The fourth-order valence-corrected chi connectivity index (χ4v) is 0.646. The second-order valence-corrected chi connectivity index (χ2v) is 1.80. The maximum Gasteiger partial charge on any atom is 1.00 e. The minimum absolute atomic E-state index is 0. The van der Waals surface area contributed by atoms with Crippen molar-refractivity contribution in [2.24, 2.45) is 0 Å². The summed E-state index contributed by atoms with van der Waals surface area (Å²) >= 11 is 0. The molecule has 0 radical (unpaired) electrons. The fourth-order valence-electron chi connectivity index (χ4n) is 0.646. The van der Waals surface area contributed by atoms with Gasteiger partial charge in [0.15, 0.2) is 0 Å². The fraction of sp³-hybridized carbons (Fsp3) is 0. The zero-order valence-corrected chi connectivity index (χ0v) is 7.36. The SMILES string of the molecule is O.O=C([O-])c1ccccc1O.[Ag+]. The summed E-state index contributed by atoms with van der Waals surface area (Å²) in [7, 11) is 0. The first-order valence-corrected chi connectivity index (χ1v) is 2.71. The van der Waals surface area contributed by atoms with E-state index in [2.05, 4.69) is 0 Å². The minimum Gasteiger partial charge on any atom is -0.545 e. The van der Waals surface area contributed by atoms with E-state index in [1.807, 2.05) is 0 Å². The molecule has 12 heavy (non-hydrogen) atoms. The Bertz CT molecular complexity index is 261. The number of carboxylic acid groups (broad SMARTS) is 1. The summed E-state index contributed by atoms with van der Waals surface area (Å²) in [4.78, 5) is 10.2. The number of hydrogen-bond acceptors (Lipinski definition) is 3. The van der Waals surface area contributed by atoms with Gasteiger partial charge in [-0.25, -0.2) is 0 Å². The van der Waals surface area contributed by atoms with Crippen molar-refractivity contribution in [2.45, 2.75) is 0 Å². The zero-order chi connectivity index (χ0) is 7.56. The molecule has 5 heteroatoms. The van der Waals surface area contributed by atoms with E-state index in [0.717, 1.165) is 0 Å². The molecular formula is C7H7AgO4. The predicted molar refractivity (Wildman–Crippen MR) is 36.1 cm³/mol. The second-order valence-electron chi connectivity index (χ2n) is 1.80. The van der Waals surface area contributed by atoms with Gasteiger partial charge in [-0.1, -0.05) is 12.1 Å². The molecular weight excluding hydrogens is 256 g/mol. The molecule has 1 rings (SSSR count). The van der Waals surface area contributed by atoms with E-state index in [0.29, 0.717) is 0 Å². The molecule has 0 aliphatic heterocycles. The van der Waals surface area contributed by atoms with E-state index >= 15 is 0 Å². The molecule has 0 unspecified atom stereocenters. The van der Waals surface area contributed by atoms with E-state index in [1.165, 1.54) is 18.2 Å². The maximum absolute atomic E-state index is 10.2. The predicted octanol–water partition coefficient (Wildman–Crippen LogP) is -1.07. The number of aromatic carboxylic acids is 1. The van der Waals surface area contributed by atoms with Crippen molar-refractivity contribution in [2.75, 3.05) is 0 Å². The van der Waals surface area contributed by atoms with Crippen LogP contribution in [-0.2, 0) is 22.4 Å². The van der Waals surface area contributed by atoms with Crippen molar-refractivity contribution < 1.29 is 42.9 Å². The Morgan fingerprint density at radius 1 is 1.33 bits per heavy atom. The van der Waals surface area contributed by atoms with Crippen LogP contribution in [-0.4, -0.2) is 16.6 Å². The molecule has 0 saturated heterocycles. The Morgan fingerprint density at radius 2 is 1.83 bits per heavy atom. The number of carbonyl (C=O) groups is 1. The van der Waals surface area contributed by atoms with Gasteiger partial charge < -0.3 is 20.5 Å². The minimum atomic E-state index is -1.36. The molecule has 4 nitrogen and oxygen atoms in total. The molecule has 0 saturated carbocycles. The Kier molecular flexibility index (Phi) is 6.64. The first-order valence-electron chi connectivity index (χ1n) is 2.71. The van der Waals surface area contributed by atoms with Crippen LogP contribution in [0.3, 0.4) is 0 Å². The van der Waals surface area contributed by atoms with Crippen molar-refractivity contribution in [3.8, 4) is 5.75 Å². The van der Waals surface area contributed by atoms with Crippen molar-refractivity contribution in [3.05, 3.63) is 29.8 Å². The molecule has 0 spiro atoms. The summed E-state index contributed by atoms with van der Waals surface area (Å²) in [5.41, 5.74) is -0.178. The molecule has 0 amide bonds. The van der Waals surface area contributed by atoms with Gasteiger partial charge in [-0.15, -0.1) is 0 Å². The van der Waals surface area contributed by atoms with Gasteiger partial charge in [0.1, 0.15) is 5.75 Å². The van der Waals surface area contributed by atoms with Crippen molar-refractivity contribution in [1.82, 2.24) is 0 Å². The zero-order valence-electron chi connectivity index (χ0n) is 5.87. The van der Waals surface area contributed by atoms with Gasteiger partial charge in [-0.05, 0) is 12.1 Å². The number of carboxylic acids is 1. The number of para-hydroxylation sites is 1. The first-order chi connectivity index (χ1) is 4.72. The quantitative estimate of drug-likeness (QED) is 0.654. The molecule has 3 N–H and O–H groups in total. The van der Waals surface area contributed by atoms with Gasteiger partial charge in [-0.2, -0.15) is 0 Å². The molecule has 0 bridgehead atoms. The summed E-state index contributed by atoms with van der Waals surface area (Å²) in [5.74, 6) is -1.62. The van der Waals surface area contributed by atoms with E-state index in [9.17, 15) is 9.90 Å². The second kappa shape index (κ2) is 5.79. The van der Waals surface area contributed by atoms with Crippen LogP contribution in [0, 0.1) is 0 Å². The molecule has 0 heterocycles. The van der Waals surface area contributed by atoms with E-state index < -0.39 is 5.97 Å². The van der Waals surface area contributed by atoms with Crippen molar-refractivity contribution >= 4 is 5.97 Å². The van der Waals surface area contributed by atoms with Crippen LogP contribution >= 0.6 is 0 Å². The van der Waals surface area contributed by atoms with Gasteiger partial charge in [0.2, 0.25) is 0 Å². The van der Waals surface area contributed by atoms with Crippen LogP contribution in [0.5, 0.6) is 5.75 Å². The summed E-state index contributed by atoms with van der Waals surface area (Å²) in [6, 6.07) is 5.64. The van der Waals surface area contributed by atoms with E-state index in [1.54, 1.807) is 6.07 Å². The van der Waals surface area contributed by atoms with Crippen LogP contribution in [0.2, 0.25) is 0 Å². The molecule has 0 aromatic heterocycles. The van der Waals surface area contributed by atoms with Gasteiger partial charge in [0.25, 0.3) is 0 Å². The third-order valence-electron chi connectivity index (χ3n) is 1.12. The molecule has 0 atom stereocenters. The van der Waals surface area contributed by atoms with Crippen molar-refractivity contribution in [1.29, 1.82) is 0 Å². The van der Waals surface area contributed by atoms with Crippen LogP contribution in [0.1, 0.15) is 10.4 Å². The number of phenols is 1. The Labute approximate surface area is 84.7 Å². The molecule has 1 aromatic rings. The molecule has 0 aliphatic rings. The summed E-state index contributed by atoms with van der Waals surface area (Å²) in [5, 5.41) is 19.0. The van der Waals surface area contributed by atoms with Crippen LogP contribution < -0.4 is 5.11 Å². The molecule has 0 fully saturated rings. The Morgan fingerprint density at radius 3 is 2.17 bits per heavy atom. The van der Waals surface area contributed by atoms with E-state index in [4.69, 9.17) is 5.11 Å². The number of hydrogen-bond donors (Lipinski definition) is 1. The van der Waals surface area contributed by atoms with Crippen LogP contribution in [0.15, 0.2) is 24.3 Å². The van der Waals surface area contributed by atoms with Gasteiger partial charge >= 0.3 is 22.4 Å². The Hall–Kier alpha value is -0.810. The molecule has 70 valence electrons. The monoisotopic (exact) mass is 262 g/mol. The van der Waals surface area contributed by atoms with E-state index in [-0.39, 0.29) is 39.2 Å². The van der Waals surface area contributed by atoms with Gasteiger partial charge in [-0.3, -0.25) is 0 Å². The summed E-state index contributed by atoms with van der Waals surface area (Å²) < 4.78 is 0. The van der Waals surface area contributed by atoms with Crippen LogP contribution in [0.25, 0.3) is 0 Å². The largest absolute Gasteiger partial charge is 1.00 e. The maximum atomic E-state index is 10.2. The summed E-state index contributed by atoms with van der Waals surface area (Å²) in [6.07, 6.45) is 0. The van der Waals surface area contributed by atoms with Crippen LogP contribution in [0.4, 0.5) is 0 Å². The summed E-state index contributed by atoms with van der Waals surface area (Å²) in [6.45, 7) is 0. The number of carbonyl (C=O) groups excluding carboxylic acids is 1. The average Bonchev–Trinajstić information content (AvgIpc) is 1.88. The standard InChI is InChI=1S/C7H6O3.Ag.H2O/c8-6-4-2-1-3-5(6)7(9)10;;/h1-4,8H,(H,9,10);;1H2/q;+1;/p-1. The third-order valence-corrected chi connectivity index (χ3v) is 1.12. The smallest absolute Gasteiger partial charge is 0.545 e.